The number of halogens is 2. The first-order valence-electron chi connectivity index (χ1n) is 6.92. The van der Waals surface area contributed by atoms with E-state index in [0.29, 0.717) is 18.1 Å². The van der Waals surface area contributed by atoms with Gasteiger partial charge in [-0.1, -0.05) is 27.5 Å². The van der Waals surface area contributed by atoms with E-state index in [1.807, 2.05) is 39.0 Å². The van der Waals surface area contributed by atoms with Crippen LogP contribution in [0, 0.1) is 0 Å². The van der Waals surface area contributed by atoms with Gasteiger partial charge in [-0.05, 0) is 44.5 Å². The number of nitrogens with zero attached hydrogens (tertiary/aromatic N) is 1. The van der Waals surface area contributed by atoms with Crippen LogP contribution in [-0.2, 0) is 4.74 Å². The largest absolute Gasteiger partial charge is 0.444 e. The molecule has 1 fully saturated rings. The highest BCUT2D eigenvalue weighted by molar-refractivity contribution is 9.10. The third kappa shape index (κ3) is 4.87. The quantitative estimate of drug-likeness (QED) is 0.807. The van der Waals surface area contributed by atoms with Gasteiger partial charge >= 0.3 is 6.09 Å². The molecule has 1 atom stereocenters. The van der Waals surface area contributed by atoms with E-state index in [4.69, 9.17) is 16.3 Å². The highest BCUT2D eigenvalue weighted by Crippen LogP contribution is 2.26. The maximum Gasteiger partial charge on any atom is 0.410 e. The third-order valence-corrected chi connectivity index (χ3v) is 3.79. The molecule has 1 aromatic rings. The van der Waals surface area contributed by atoms with Crippen LogP contribution in [0.25, 0.3) is 0 Å². The van der Waals surface area contributed by atoms with Crippen molar-refractivity contribution in [1.82, 2.24) is 10.2 Å². The number of hydrogen-bond acceptors (Lipinski definition) is 3. The summed E-state index contributed by atoms with van der Waals surface area (Å²) in [6, 6.07) is 5.84. The predicted molar refractivity (Wildman–Crippen MR) is 87.7 cm³/mol. The average Bonchev–Trinajstić information content (AvgIpc) is 2.36. The smallest absolute Gasteiger partial charge is 0.410 e. The summed E-state index contributed by atoms with van der Waals surface area (Å²) in [7, 11) is 0. The second-order valence-corrected chi connectivity index (χ2v) is 7.49. The number of hydrogen-bond donors (Lipinski definition) is 1. The topological polar surface area (TPSA) is 41.6 Å². The Hall–Kier alpha value is -0.780. The van der Waals surface area contributed by atoms with Gasteiger partial charge in [-0.15, -0.1) is 0 Å². The van der Waals surface area contributed by atoms with E-state index in [1.165, 1.54) is 0 Å². The molecule has 4 nitrogen and oxygen atoms in total. The zero-order chi connectivity index (χ0) is 15.6. The van der Waals surface area contributed by atoms with E-state index < -0.39 is 5.60 Å². The maximum atomic E-state index is 12.2. The molecule has 0 unspecified atom stereocenters. The van der Waals surface area contributed by atoms with Crippen molar-refractivity contribution < 1.29 is 9.53 Å². The van der Waals surface area contributed by atoms with Crippen molar-refractivity contribution in [3.05, 3.63) is 33.3 Å². The van der Waals surface area contributed by atoms with Gasteiger partial charge in [0.1, 0.15) is 5.60 Å². The number of nitrogens with one attached hydrogen (secondary N) is 1. The molecule has 1 aliphatic heterocycles. The van der Waals surface area contributed by atoms with Crippen LogP contribution in [0.3, 0.4) is 0 Å². The summed E-state index contributed by atoms with van der Waals surface area (Å²) in [6.07, 6.45) is -0.268. The minimum atomic E-state index is -0.476. The normalized spacial score (nSPS) is 19.5. The fourth-order valence-corrected chi connectivity index (χ4v) is 3.13. The fraction of sp³-hybridized carbons (Fsp3) is 0.533. The third-order valence-electron chi connectivity index (χ3n) is 3.11. The van der Waals surface area contributed by atoms with Crippen molar-refractivity contribution >= 4 is 33.6 Å². The number of piperazine rings is 1. The lowest BCUT2D eigenvalue weighted by Crippen LogP contribution is -2.49. The standard InChI is InChI=1S/C15H20BrClN2O2/c1-15(2,3)21-14(20)19-5-4-18-13(9-19)10-6-11(16)8-12(17)7-10/h6-8,13,18H,4-5,9H2,1-3H3/t13-/m0/s1. The van der Waals surface area contributed by atoms with E-state index in [0.717, 1.165) is 16.6 Å². The first kappa shape index (κ1) is 16.6. The summed E-state index contributed by atoms with van der Waals surface area (Å²) in [5, 5.41) is 4.09. The van der Waals surface area contributed by atoms with E-state index in [1.54, 1.807) is 4.90 Å². The SMILES string of the molecule is CC(C)(C)OC(=O)N1CCN[C@H](c2cc(Cl)cc(Br)c2)C1. The van der Waals surface area contributed by atoms with Gasteiger partial charge in [0.05, 0.1) is 6.04 Å². The molecule has 21 heavy (non-hydrogen) atoms. The summed E-state index contributed by atoms with van der Waals surface area (Å²) < 4.78 is 6.36. The Morgan fingerprint density at radius 3 is 2.76 bits per heavy atom. The molecule has 0 aromatic heterocycles. The summed E-state index contributed by atoms with van der Waals surface area (Å²) in [6.45, 7) is 7.57. The van der Waals surface area contributed by atoms with E-state index in [-0.39, 0.29) is 12.1 Å². The van der Waals surface area contributed by atoms with Crippen molar-refractivity contribution in [2.75, 3.05) is 19.6 Å². The molecular formula is C15H20BrClN2O2. The van der Waals surface area contributed by atoms with Crippen LogP contribution in [-0.4, -0.2) is 36.2 Å². The van der Waals surface area contributed by atoms with Gasteiger partial charge in [-0.2, -0.15) is 0 Å². The number of carbonyl (C=O) groups excluding carboxylic acids is 1. The van der Waals surface area contributed by atoms with Crippen LogP contribution >= 0.6 is 27.5 Å². The second-order valence-electron chi connectivity index (χ2n) is 6.14. The molecule has 1 N–H and O–H groups in total. The molecule has 0 aliphatic carbocycles. The number of benzene rings is 1. The molecule has 1 aliphatic rings. The molecule has 1 amide bonds. The van der Waals surface area contributed by atoms with Crippen LogP contribution in [0.4, 0.5) is 4.79 Å². The first-order valence-corrected chi connectivity index (χ1v) is 8.09. The van der Waals surface area contributed by atoms with Crippen molar-refractivity contribution in [2.45, 2.75) is 32.4 Å². The van der Waals surface area contributed by atoms with Crippen molar-refractivity contribution in [3.8, 4) is 0 Å². The van der Waals surface area contributed by atoms with Crippen molar-refractivity contribution in [1.29, 1.82) is 0 Å². The van der Waals surface area contributed by atoms with E-state index in [2.05, 4.69) is 21.2 Å². The molecule has 0 spiro atoms. The molecular weight excluding hydrogens is 356 g/mol. The molecule has 116 valence electrons. The Morgan fingerprint density at radius 1 is 1.43 bits per heavy atom. The van der Waals surface area contributed by atoms with Crippen LogP contribution in [0.15, 0.2) is 22.7 Å². The summed E-state index contributed by atoms with van der Waals surface area (Å²) in [5.41, 5.74) is 0.582. The summed E-state index contributed by atoms with van der Waals surface area (Å²) in [5.74, 6) is 0. The lowest BCUT2D eigenvalue weighted by molar-refractivity contribution is 0.0195. The lowest BCUT2D eigenvalue weighted by atomic mass is 10.0. The van der Waals surface area contributed by atoms with Gasteiger partial charge in [0.25, 0.3) is 0 Å². The monoisotopic (exact) mass is 374 g/mol. The van der Waals surface area contributed by atoms with Crippen molar-refractivity contribution in [2.24, 2.45) is 0 Å². The Morgan fingerprint density at radius 2 is 2.14 bits per heavy atom. The van der Waals surface area contributed by atoms with Crippen LogP contribution in [0.1, 0.15) is 32.4 Å². The van der Waals surface area contributed by atoms with Crippen molar-refractivity contribution in [3.63, 3.8) is 0 Å². The first-order chi connectivity index (χ1) is 9.74. The molecule has 6 heteroatoms. The Bertz CT molecular complexity index is 511. The van der Waals surface area contributed by atoms with Gasteiger partial charge < -0.3 is 15.0 Å². The number of ether oxygens (including phenoxy) is 1. The van der Waals surface area contributed by atoms with Gasteiger partial charge in [-0.25, -0.2) is 4.79 Å². The maximum absolute atomic E-state index is 12.2. The average molecular weight is 376 g/mol. The van der Waals surface area contributed by atoms with Gasteiger partial charge in [-0.3, -0.25) is 0 Å². The molecule has 1 saturated heterocycles. The zero-order valence-corrected chi connectivity index (χ0v) is 14.8. The minimum Gasteiger partial charge on any atom is -0.444 e. The van der Waals surface area contributed by atoms with Crippen LogP contribution in [0.5, 0.6) is 0 Å². The molecule has 1 heterocycles. The van der Waals surface area contributed by atoms with E-state index >= 15 is 0 Å². The fourth-order valence-electron chi connectivity index (χ4n) is 2.24. The summed E-state index contributed by atoms with van der Waals surface area (Å²) >= 11 is 9.54. The zero-order valence-electron chi connectivity index (χ0n) is 12.5. The minimum absolute atomic E-state index is 0.0567. The Labute approximate surface area is 138 Å². The Kier molecular flexibility index (Phi) is 5.17. The lowest BCUT2D eigenvalue weighted by Gasteiger charge is -2.35. The predicted octanol–water partition coefficient (Wildman–Crippen LogP) is 3.98. The van der Waals surface area contributed by atoms with Crippen LogP contribution in [0.2, 0.25) is 5.02 Å². The second kappa shape index (κ2) is 6.55. The van der Waals surface area contributed by atoms with E-state index in [9.17, 15) is 4.79 Å². The number of carbonyl (C=O) groups is 1. The number of amides is 1. The van der Waals surface area contributed by atoms with Gasteiger partial charge in [0, 0.05) is 29.1 Å². The molecule has 0 saturated carbocycles. The molecule has 1 aromatic carbocycles. The Balaban J connectivity index is 2.08. The number of rotatable bonds is 1. The van der Waals surface area contributed by atoms with Gasteiger partial charge in [0.2, 0.25) is 0 Å². The highest BCUT2D eigenvalue weighted by Gasteiger charge is 2.28. The van der Waals surface area contributed by atoms with Crippen LogP contribution < -0.4 is 5.32 Å². The molecule has 0 radical (unpaired) electrons. The summed E-state index contributed by atoms with van der Waals surface area (Å²) in [4.78, 5) is 13.9. The highest BCUT2D eigenvalue weighted by atomic mass is 79.9. The molecule has 0 bridgehead atoms. The molecule has 2 rings (SSSR count). The van der Waals surface area contributed by atoms with Gasteiger partial charge in [0.15, 0.2) is 0 Å².